The van der Waals surface area contributed by atoms with Gasteiger partial charge in [0, 0.05) is 18.9 Å². The Morgan fingerprint density at radius 1 is 0.923 bits per heavy atom. The first-order chi connectivity index (χ1) is 12.8. The fourth-order valence-electron chi connectivity index (χ4n) is 2.63. The van der Waals surface area contributed by atoms with Crippen molar-refractivity contribution in [2.24, 2.45) is 0 Å². The van der Waals surface area contributed by atoms with Gasteiger partial charge in [-0.05, 0) is 48.7 Å². The summed E-state index contributed by atoms with van der Waals surface area (Å²) in [7, 11) is 0. The van der Waals surface area contributed by atoms with Crippen LogP contribution in [0.1, 0.15) is 12.0 Å². The average molecular weight is 367 g/mol. The van der Waals surface area contributed by atoms with Crippen molar-refractivity contribution in [1.82, 2.24) is 20.3 Å². The molecule has 0 saturated carbocycles. The first kappa shape index (κ1) is 18.0. The quantitative estimate of drug-likeness (QED) is 0.513. The van der Waals surface area contributed by atoms with Crippen LogP contribution in [0.15, 0.2) is 60.9 Å². The Bertz CT molecular complexity index is 856. The zero-order valence-electron chi connectivity index (χ0n) is 14.2. The summed E-state index contributed by atoms with van der Waals surface area (Å²) in [6.07, 6.45) is 5.09. The normalized spacial score (nSPS) is 10.5. The highest BCUT2D eigenvalue weighted by atomic mass is 35.5. The molecule has 1 amide bonds. The number of carbonyl (C=O) groups is 1. The van der Waals surface area contributed by atoms with Crippen LogP contribution >= 0.6 is 11.6 Å². The van der Waals surface area contributed by atoms with Gasteiger partial charge in [-0.15, -0.1) is 11.6 Å². The molecular weight excluding hydrogens is 348 g/mol. The number of aromatic nitrogens is 3. The van der Waals surface area contributed by atoms with Crippen molar-refractivity contribution in [2.75, 3.05) is 12.4 Å². The van der Waals surface area contributed by atoms with Crippen LogP contribution in [0.4, 0.5) is 0 Å². The van der Waals surface area contributed by atoms with Crippen LogP contribution in [0.3, 0.4) is 0 Å². The maximum absolute atomic E-state index is 11.2. The molecule has 26 heavy (non-hydrogen) atoms. The molecule has 1 N–H and O–H groups in total. The zero-order valence-corrected chi connectivity index (χ0v) is 15.0. The third kappa shape index (κ3) is 4.64. The molecule has 0 aliphatic heterocycles. The molecule has 3 aromatic heterocycles. The minimum Gasteiger partial charge on any atom is -0.355 e. The predicted octanol–water partition coefficient (Wildman–Crippen LogP) is 3.49. The number of pyridine rings is 3. The van der Waals surface area contributed by atoms with Crippen molar-refractivity contribution >= 4 is 17.5 Å². The summed E-state index contributed by atoms with van der Waals surface area (Å²) in [6, 6.07) is 15.6. The maximum atomic E-state index is 11.2. The summed E-state index contributed by atoms with van der Waals surface area (Å²) in [5.41, 5.74) is 4.39. The van der Waals surface area contributed by atoms with E-state index in [0.717, 1.165) is 41.2 Å². The van der Waals surface area contributed by atoms with Crippen molar-refractivity contribution in [3.05, 3.63) is 66.5 Å². The highest BCUT2D eigenvalue weighted by Crippen LogP contribution is 2.24. The number of rotatable bonds is 7. The molecule has 0 spiro atoms. The van der Waals surface area contributed by atoms with E-state index in [9.17, 15) is 4.79 Å². The van der Waals surface area contributed by atoms with Gasteiger partial charge in [0.25, 0.3) is 0 Å². The number of halogens is 1. The number of nitrogens with zero attached hydrogens (tertiary/aromatic N) is 3. The van der Waals surface area contributed by atoms with Gasteiger partial charge in [0.2, 0.25) is 5.91 Å². The third-order valence-electron chi connectivity index (χ3n) is 3.88. The molecule has 132 valence electrons. The molecule has 0 radical (unpaired) electrons. The summed E-state index contributed by atoms with van der Waals surface area (Å²) in [5.74, 6) is -0.167. The monoisotopic (exact) mass is 366 g/mol. The van der Waals surface area contributed by atoms with Crippen molar-refractivity contribution in [3.8, 4) is 22.8 Å². The lowest BCUT2D eigenvalue weighted by Crippen LogP contribution is -2.25. The van der Waals surface area contributed by atoms with Gasteiger partial charge in [-0.2, -0.15) is 0 Å². The molecule has 0 aliphatic rings. The van der Waals surface area contributed by atoms with Crippen molar-refractivity contribution in [1.29, 1.82) is 0 Å². The van der Waals surface area contributed by atoms with E-state index in [4.69, 9.17) is 16.6 Å². The van der Waals surface area contributed by atoms with Crippen LogP contribution < -0.4 is 5.32 Å². The lowest BCUT2D eigenvalue weighted by atomic mass is 10.0. The van der Waals surface area contributed by atoms with Crippen LogP contribution in [-0.4, -0.2) is 33.3 Å². The van der Waals surface area contributed by atoms with E-state index in [2.05, 4.69) is 21.4 Å². The van der Waals surface area contributed by atoms with Gasteiger partial charge < -0.3 is 5.32 Å². The summed E-state index contributed by atoms with van der Waals surface area (Å²) >= 11 is 5.49. The number of alkyl halides is 1. The molecule has 5 nitrogen and oxygen atoms in total. The van der Waals surface area contributed by atoms with Gasteiger partial charge >= 0.3 is 0 Å². The van der Waals surface area contributed by atoms with Gasteiger partial charge in [-0.25, -0.2) is 4.98 Å². The largest absolute Gasteiger partial charge is 0.355 e. The topological polar surface area (TPSA) is 67.8 Å². The molecule has 6 heteroatoms. The smallest absolute Gasteiger partial charge is 0.234 e. The van der Waals surface area contributed by atoms with Crippen molar-refractivity contribution in [3.63, 3.8) is 0 Å². The zero-order chi connectivity index (χ0) is 18.2. The fraction of sp³-hybridized carbons (Fsp3) is 0.200. The molecule has 3 heterocycles. The Hall–Kier alpha value is -2.79. The number of nitrogens with one attached hydrogen (secondary N) is 1. The SMILES string of the molecule is O=C(CCl)NCCCc1ccc(-c2ccccn2)nc1-c1ccccn1. The Morgan fingerprint density at radius 3 is 2.31 bits per heavy atom. The molecule has 0 aliphatic carbocycles. The van der Waals surface area contributed by atoms with E-state index < -0.39 is 0 Å². The Balaban J connectivity index is 1.85. The van der Waals surface area contributed by atoms with E-state index in [-0.39, 0.29) is 11.8 Å². The lowest BCUT2D eigenvalue weighted by Gasteiger charge is -2.11. The highest BCUT2D eigenvalue weighted by molar-refractivity contribution is 6.27. The first-order valence-electron chi connectivity index (χ1n) is 8.43. The molecule has 0 atom stereocenters. The van der Waals surface area contributed by atoms with Crippen LogP contribution in [0.5, 0.6) is 0 Å². The summed E-state index contributed by atoms with van der Waals surface area (Å²) in [6.45, 7) is 0.579. The van der Waals surface area contributed by atoms with Crippen LogP contribution in [0.25, 0.3) is 22.8 Å². The van der Waals surface area contributed by atoms with E-state index >= 15 is 0 Å². The maximum Gasteiger partial charge on any atom is 0.234 e. The fourth-order valence-corrected chi connectivity index (χ4v) is 2.72. The Kier molecular flexibility index (Phi) is 6.28. The molecular formula is C20H19ClN4O. The second-order valence-corrected chi connectivity index (χ2v) is 5.99. The van der Waals surface area contributed by atoms with E-state index in [0.29, 0.717) is 6.54 Å². The predicted molar refractivity (Wildman–Crippen MR) is 103 cm³/mol. The molecule has 0 aromatic carbocycles. The van der Waals surface area contributed by atoms with Gasteiger partial charge in [0.05, 0.1) is 22.8 Å². The Morgan fingerprint density at radius 2 is 1.65 bits per heavy atom. The standard InChI is InChI=1S/C20H19ClN4O/c21-14-19(26)24-13-5-6-15-9-10-17(16-7-1-3-11-22-16)25-20(15)18-8-2-4-12-23-18/h1-4,7-12H,5-6,13-14H2,(H,24,26). The van der Waals surface area contributed by atoms with Crippen molar-refractivity contribution < 1.29 is 4.79 Å². The molecule has 0 fully saturated rings. The molecule has 0 saturated heterocycles. The summed E-state index contributed by atoms with van der Waals surface area (Å²) in [5, 5.41) is 2.78. The number of amides is 1. The second-order valence-electron chi connectivity index (χ2n) is 5.72. The number of carbonyl (C=O) groups excluding carboxylic acids is 1. The van der Waals surface area contributed by atoms with Gasteiger partial charge in [-0.1, -0.05) is 18.2 Å². The van der Waals surface area contributed by atoms with Crippen LogP contribution in [0, 0.1) is 0 Å². The van der Waals surface area contributed by atoms with E-state index in [1.807, 2.05) is 42.5 Å². The number of hydrogen-bond acceptors (Lipinski definition) is 4. The van der Waals surface area contributed by atoms with Gasteiger partial charge in [0.1, 0.15) is 5.88 Å². The lowest BCUT2D eigenvalue weighted by molar-refractivity contribution is -0.118. The molecule has 3 aromatic rings. The third-order valence-corrected chi connectivity index (χ3v) is 4.12. The molecule has 0 unspecified atom stereocenters. The molecule has 0 bridgehead atoms. The minimum atomic E-state index is -0.153. The first-order valence-corrected chi connectivity index (χ1v) is 8.97. The molecule has 3 rings (SSSR count). The van der Waals surface area contributed by atoms with Crippen molar-refractivity contribution in [2.45, 2.75) is 12.8 Å². The van der Waals surface area contributed by atoms with E-state index in [1.54, 1.807) is 12.4 Å². The van der Waals surface area contributed by atoms with Gasteiger partial charge in [0.15, 0.2) is 0 Å². The average Bonchev–Trinajstić information content (AvgIpc) is 2.72. The van der Waals surface area contributed by atoms with Crippen LogP contribution in [-0.2, 0) is 11.2 Å². The van der Waals surface area contributed by atoms with Crippen LogP contribution in [0.2, 0.25) is 0 Å². The second kappa shape index (κ2) is 9.06. The number of aryl methyl sites for hydroxylation is 1. The van der Waals surface area contributed by atoms with Gasteiger partial charge in [-0.3, -0.25) is 14.8 Å². The Labute approximate surface area is 157 Å². The summed E-state index contributed by atoms with van der Waals surface area (Å²) < 4.78 is 0. The summed E-state index contributed by atoms with van der Waals surface area (Å²) in [4.78, 5) is 24.9. The minimum absolute atomic E-state index is 0.0144. The highest BCUT2D eigenvalue weighted by Gasteiger charge is 2.11. The van der Waals surface area contributed by atoms with E-state index in [1.165, 1.54) is 0 Å². The number of hydrogen-bond donors (Lipinski definition) is 1.